The minimum Gasteiger partial charge on any atom is -0.455 e. The molecule has 1 unspecified atom stereocenters. The van der Waals surface area contributed by atoms with Crippen LogP contribution in [-0.2, 0) is 23.8 Å². The van der Waals surface area contributed by atoms with Gasteiger partial charge in [-0.05, 0) is 25.0 Å². The number of carbonyl (C=O) groups is 4. The number of ether oxygens (including phenoxy) is 3. The molecule has 15 nitrogen and oxygen atoms in total. The van der Waals surface area contributed by atoms with E-state index in [1.165, 1.54) is 19.7 Å². The van der Waals surface area contributed by atoms with E-state index in [0.29, 0.717) is 18.5 Å². The van der Waals surface area contributed by atoms with Gasteiger partial charge in [0.25, 0.3) is 0 Å². The van der Waals surface area contributed by atoms with Gasteiger partial charge >= 0.3 is 24.0 Å². The van der Waals surface area contributed by atoms with Gasteiger partial charge in [-0.25, -0.2) is 24.5 Å². The number of hydrogen-bond acceptors (Lipinski definition) is 10. The molecule has 4 amide bonds. The zero-order valence-corrected chi connectivity index (χ0v) is 26.4. The van der Waals surface area contributed by atoms with E-state index in [1.54, 1.807) is 28.8 Å². The lowest BCUT2D eigenvalue weighted by atomic mass is 10.1. The minimum absolute atomic E-state index is 0.0406. The quantitative estimate of drug-likeness (QED) is 0.138. The monoisotopic (exact) mass is 638 g/mol. The molecule has 1 aliphatic heterocycles. The molecule has 4 atom stereocenters. The fraction of sp³-hybridized carbons (Fsp3) is 0.516. The van der Waals surface area contributed by atoms with Crippen LogP contribution in [0.5, 0.6) is 0 Å². The Morgan fingerprint density at radius 2 is 1.52 bits per heavy atom. The van der Waals surface area contributed by atoms with Crippen molar-refractivity contribution < 1.29 is 33.4 Å². The van der Waals surface area contributed by atoms with E-state index in [2.05, 4.69) is 36.2 Å². The molecule has 0 radical (unpaired) electrons. The molecule has 0 bridgehead atoms. The topological polar surface area (TPSA) is 188 Å². The van der Waals surface area contributed by atoms with Crippen LogP contribution < -0.4 is 21.3 Å². The Kier molecular flexibility index (Phi) is 12.6. The minimum atomic E-state index is -1.09. The van der Waals surface area contributed by atoms with Crippen LogP contribution in [0.3, 0.4) is 0 Å². The first-order chi connectivity index (χ1) is 22.3. The average Bonchev–Trinajstić information content (AvgIpc) is 3.62. The van der Waals surface area contributed by atoms with Gasteiger partial charge in [0.1, 0.15) is 12.4 Å². The van der Waals surface area contributed by atoms with Gasteiger partial charge in [0.15, 0.2) is 35.4 Å². The Morgan fingerprint density at radius 1 is 0.848 bits per heavy atom. The van der Waals surface area contributed by atoms with E-state index in [-0.39, 0.29) is 36.4 Å². The number of para-hydroxylation sites is 1. The summed E-state index contributed by atoms with van der Waals surface area (Å²) in [6.45, 7) is 4.02. The lowest BCUT2D eigenvalue weighted by Crippen LogP contribution is -2.45. The zero-order chi connectivity index (χ0) is 32.9. The van der Waals surface area contributed by atoms with E-state index in [4.69, 9.17) is 14.2 Å². The SMILES string of the molecule is CCCCCC(=O)OC1[C@@H](OC(=O)CCCCC)[C@@H](CNC(=O)NC)O[C@H]1n1cnc2c(NC(=O)Nc3ccccc3)ncnc21. The van der Waals surface area contributed by atoms with E-state index < -0.39 is 48.5 Å². The van der Waals surface area contributed by atoms with Crippen LogP contribution in [0.4, 0.5) is 21.1 Å². The number of hydrogen-bond donors (Lipinski definition) is 4. The third-order valence-corrected chi connectivity index (χ3v) is 7.38. The smallest absolute Gasteiger partial charge is 0.324 e. The first kappa shape index (κ1) is 34.1. The number of fused-ring (bicyclic) bond motifs is 1. The second-order valence-electron chi connectivity index (χ2n) is 10.8. The molecular weight excluding hydrogens is 596 g/mol. The molecule has 3 heterocycles. The standard InChI is InChI=1S/C31H42N8O7/c1-4-6-9-15-22(40)45-25-21(17-33-30(42)32-3)44-29(26(25)46-23(41)16-10-7-5-2)39-19-36-24-27(34-18-35-28(24)39)38-31(43)37-20-13-11-8-12-14-20/h8,11-14,18-19,21,25-26,29H,4-7,9-10,15-17H2,1-3H3,(H2,32,33,42)(H2,34,35,37,38,43)/t21-,25+,26?,29-/m1/s1. The number of benzene rings is 1. The van der Waals surface area contributed by atoms with Gasteiger partial charge in [-0.15, -0.1) is 0 Å². The predicted molar refractivity (Wildman–Crippen MR) is 169 cm³/mol. The Hall–Kier alpha value is -4.79. The van der Waals surface area contributed by atoms with Gasteiger partial charge in [-0.2, -0.15) is 0 Å². The summed E-state index contributed by atoms with van der Waals surface area (Å²) in [6.07, 6.45) is 3.84. The highest BCUT2D eigenvalue weighted by molar-refractivity contribution is 6.02. The maximum Gasteiger partial charge on any atom is 0.324 e. The molecular formula is C31H42N8O7. The summed E-state index contributed by atoms with van der Waals surface area (Å²) in [7, 11) is 1.48. The molecule has 3 aromatic rings. The third kappa shape index (κ3) is 9.12. The molecule has 4 N–H and O–H groups in total. The Bertz CT molecular complexity index is 1470. The number of esters is 2. The zero-order valence-electron chi connectivity index (χ0n) is 26.4. The van der Waals surface area contributed by atoms with Crippen molar-refractivity contribution in [3.63, 3.8) is 0 Å². The predicted octanol–water partition coefficient (Wildman–Crippen LogP) is 4.28. The number of urea groups is 2. The number of unbranched alkanes of at least 4 members (excludes halogenated alkanes) is 4. The Labute approximate surface area is 267 Å². The number of aromatic nitrogens is 4. The van der Waals surface area contributed by atoms with Gasteiger partial charge < -0.3 is 30.2 Å². The second-order valence-corrected chi connectivity index (χ2v) is 10.8. The maximum atomic E-state index is 13.0. The van der Waals surface area contributed by atoms with Crippen molar-refractivity contribution in [3.8, 4) is 0 Å². The molecule has 1 saturated heterocycles. The average molecular weight is 639 g/mol. The second kappa shape index (κ2) is 17.1. The fourth-order valence-electron chi connectivity index (χ4n) is 5.03. The number of anilines is 2. The highest BCUT2D eigenvalue weighted by Crippen LogP contribution is 2.36. The molecule has 46 heavy (non-hydrogen) atoms. The van der Waals surface area contributed by atoms with Gasteiger partial charge in [0, 0.05) is 32.1 Å². The first-order valence-electron chi connectivity index (χ1n) is 15.6. The summed E-state index contributed by atoms with van der Waals surface area (Å²) >= 11 is 0. The molecule has 1 aromatic carbocycles. The number of amides is 4. The van der Waals surface area contributed by atoms with Gasteiger partial charge in [-0.3, -0.25) is 19.5 Å². The maximum absolute atomic E-state index is 13.0. The highest BCUT2D eigenvalue weighted by Gasteiger charge is 2.51. The number of rotatable bonds is 15. The molecule has 1 aliphatic rings. The van der Waals surface area contributed by atoms with E-state index in [9.17, 15) is 19.2 Å². The Balaban J connectivity index is 1.64. The Morgan fingerprint density at radius 3 is 2.17 bits per heavy atom. The molecule has 4 rings (SSSR count). The molecule has 2 aromatic heterocycles. The fourth-order valence-corrected chi connectivity index (χ4v) is 5.03. The van der Waals surface area contributed by atoms with Crippen LogP contribution >= 0.6 is 0 Å². The van der Waals surface area contributed by atoms with Gasteiger partial charge in [0.2, 0.25) is 0 Å². The number of carbonyl (C=O) groups excluding carboxylic acids is 4. The largest absolute Gasteiger partial charge is 0.455 e. The van der Waals surface area contributed by atoms with Gasteiger partial charge in [-0.1, -0.05) is 57.7 Å². The molecule has 0 spiro atoms. The highest BCUT2D eigenvalue weighted by atomic mass is 16.6. The molecule has 1 fully saturated rings. The summed E-state index contributed by atoms with van der Waals surface area (Å²) in [5.74, 6) is -0.800. The summed E-state index contributed by atoms with van der Waals surface area (Å²) in [5, 5.41) is 10.6. The van der Waals surface area contributed by atoms with Crippen molar-refractivity contribution in [2.24, 2.45) is 0 Å². The summed E-state index contributed by atoms with van der Waals surface area (Å²) in [4.78, 5) is 63.7. The van der Waals surface area contributed by atoms with Crippen molar-refractivity contribution in [1.29, 1.82) is 0 Å². The van der Waals surface area contributed by atoms with Crippen LogP contribution in [0, 0.1) is 0 Å². The summed E-state index contributed by atoms with van der Waals surface area (Å²) in [6, 6.07) is 7.91. The van der Waals surface area contributed by atoms with Crippen molar-refractivity contribution in [2.75, 3.05) is 24.2 Å². The summed E-state index contributed by atoms with van der Waals surface area (Å²) in [5.41, 5.74) is 1.11. The van der Waals surface area contributed by atoms with Crippen LogP contribution in [-0.4, -0.2) is 75.4 Å². The number of nitrogens with zero attached hydrogens (tertiary/aromatic N) is 4. The van der Waals surface area contributed by atoms with Crippen LogP contribution in [0.25, 0.3) is 11.2 Å². The van der Waals surface area contributed by atoms with E-state index >= 15 is 0 Å². The van der Waals surface area contributed by atoms with E-state index in [0.717, 1.165) is 25.7 Å². The van der Waals surface area contributed by atoms with Crippen molar-refractivity contribution in [3.05, 3.63) is 43.0 Å². The van der Waals surface area contributed by atoms with Crippen molar-refractivity contribution >= 4 is 46.7 Å². The van der Waals surface area contributed by atoms with Crippen LogP contribution in [0.1, 0.15) is 71.4 Å². The molecule has 0 aliphatic carbocycles. The van der Waals surface area contributed by atoms with Crippen LogP contribution in [0.15, 0.2) is 43.0 Å². The third-order valence-electron chi connectivity index (χ3n) is 7.38. The summed E-state index contributed by atoms with van der Waals surface area (Å²) < 4.78 is 19.8. The van der Waals surface area contributed by atoms with Gasteiger partial charge in [0.05, 0.1) is 6.33 Å². The molecule has 15 heteroatoms. The number of nitrogens with one attached hydrogen (secondary N) is 4. The molecule has 0 saturated carbocycles. The lowest BCUT2D eigenvalue weighted by Gasteiger charge is -2.25. The van der Waals surface area contributed by atoms with Crippen molar-refractivity contribution in [2.45, 2.75) is 89.8 Å². The molecule has 248 valence electrons. The van der Waals surface area contributed by atoms with Crippen molar-refractivity contribution in [1.82, 2.24) is 30.2 Å². The van der Waals surface area contributed by atoms with Crippen LogP contribution in [0.2, 0.25) is 0 Å². The van der Waals surface area contributed by atoms with E-state index in [1.807, 2.05) is 19.9 Å². The lowest BCUT2D eigenvalue weighted by molar-refractivity contribution is -0.168. The first-order valence-corrected chi connectivity index (χ1v) is 15.6. The normalized spacial score (nSPS) is 18.9. The number of imidazole rings is 1.